The molecule has 0 atom stereocenters. The number of hydrogen-bond acceptors (Lipinski definition) is 5. The van der Waals surface area contributed by atoms with Gasteiger partial charge in [-0.1, -0.05) is 6.92 Å². The van der Waals surface area contributed by atoms with Gasteiger partial charge in [-0.15, -0.1) is 0 Å². The molecule has 0 aliphatic heterocycles. The summed E-state index contributed by atoms with van der Waals surface area (Å²) in [5.41, 5.74) is 2.34. The summed E-state index contributed by atoms with van der Waals surface area (Å²) in [5, 5.41) is 0. The van der Waals surface area contributed by atoms with Crippen molar-refractivity contribution in [2.75, 3.05) is 16.9 Å². The lowest BCUT2D eigenvalue weighted by Gasteiger charge is -2.23. The van der Waals surface area contributed by atoms with Crippen molar-refractivity contribution in [3.8, 4) is 0 Å². The Bertz CT molecular complexity index is 366. The lowest BCUT2D eigenvalue weighted by molar-refractivity contribution is 0.598. The SMILES string of the molecule is CCCN(c1nc(NN)ncc1F)C1CC1. The van der Waals surface area contributed by atoms with Crippen LogP contribution in [0.25, 0.3) is 0 Å². The zero-order chi connectivity index (χ0) is 11.5. The first-order valence-corrected chi connectivity index (χ1v) is 5.52. The highest BCUT2D eigenvalue weighted by Crippen LogP contribution is 2.32. The van der Waals surface area contributed by atoms with Gasteiger partial charge in [0.05, 0.1) is 6.20 Å². The molecule has 0 aromatic carbocycles. The Morgan fingerprint density at radius 2 is 2.38 bits per heavy atom. The quantitative estimate of drug-likeness (QED) is 0.583. The fourth-order valence-electron chi connectivity index (χ4n) is 1.72. The van der Waals surface area contributed by atoms with Crippen LogP contribution in [0, 0.1) is 5.82 Å². The fraction of sp³-hybridized carbons (Fsp3) is 0.600. The highest BCUT2D eigenvalue weighted by atomic mass is 19.1. The maximum Gasteiger partial charge on any atom is 0.239 e. The van der Waals surface area contributed by atoms with Crippen LogP contribution in [0.1, 0.15) is 26.2 Å². The minimum atomic E-state index is -0.389. The predicted octanol–water partition coefficient (Wildman–Crippen LogP) is 1.28. The largest absolute Gasteiger partial charge is 0.351 e. The summed E-state index contributed by atoms with van der Waals surface area (Å²) in [6.45, 7) is 2.87. The summed E-state index contributed by atoms with van der Waals surface area (Å²) >= 11 is 0. The van der Waals surface area contributed by atoms with E-state index in [4.69, 9.17) is 5.84 Å². The van der Waals surface area contributed by atoms with Gasteiger partial charge in [0.25, 0.3) is 0 Å². The number of anilines is 2. The van der Waals surface area contributed by atoms with Gasteiger partial charge < -0.3 is 4.90 Å². The van der Waals surface area contributed by atoms with E-state index in [0.29, 0.717) is 11.9 Å². The third kappa shape index (κ3) is 2.21. The average Bonchev–Trinajstić information content (AvgIpc) is 3.11. The normalized spacial score (nSPS) is 14.9. The van der Waals surface area contributed by atoms with Gasteiger partial charge in [0.2, 0.25) is 5.95 Å². The molecule has 0 unspecified atom stereocenters. The summed E-state index contributed by atoms with van der Waals surface area (Å²) in [5.74, 6) is 5.43. The van der Waals surface area contributed by atoms with Gasteiger partial charge in [0.1, 0.15) is 0 Å². The number of hydrazine groups is 1. The van der Waals surface area contributed by atoms with Gasteiger partial charge in [-0.25, -0.2) is 15.2 Å². The molecule has 3 N–H and O–H groups in total. The molecule has 88 valence electrons. The molecule has 0 radical (unpaired) electrons. The first kappa shape index (κ1) is 11.1. The zero-order valence-corrected chi connectivity index (χ0v) is 9.28. The molecule has 0 spiro atoms. The number of nitrogens with two attached hydrogens (primary N) is 1. The van der Waals surface area contributed by atoms with Crippen molar-refractivity contribution in [3.63, 3.8) is 0 Å². The summed E-state index contributed by atoms with van der Waals surface area (Å²) < 4.78 is 13.6. The Labute approximate surface area is 93.8 Å². The van der Waals surface area contributed by atoms with E-state index in [1.807, 2.05) is 4.90 Å². The Morgan fingerprint density at radius 1 is 1.62 bits per heavy atom. The maximum atomic E-state index is 13.6. The number of hydrogen-bond donors (Lipinski definition) is 2. The first-order valence-electron chi connectivity index (χ1n) is 5.52. The van der Waals surface area contributed by atoms with E-state index in [0.717, 1.165) is 32.0 Å². The lowest BCUT2D eigenvalue weighted by Crippen LogP contribution is -2.29. The molecule has 1 aliphatic rings. The minimum Gasteiger partial charge on any atom is -0.351 e. The summed E-state index contributed by atoms with van der Waals surface area (Å²) in [7, 11) is 0. The van der Waals surface area contributed by atoms with Crippen LogP contribution in [0.2, 0.25) is 0 Å². The van der Waals surface area contributed by atoms with Crippen LogP contribution in [-0.4, -0.2) is 22.6 Å². The van der Waals surface area contributed by atoms with Gasteiger partial charge in [0.15, 0.2) is 11.6 Å². The molecular weight excluding hydrogens is 209 g/mol. The molecule has 1 saturated carbocycles. The smallest absolute Gasteiger partial charge is 0.239 e. The van der Waals surface area contributed by atoms with E-state index < -0.39 is 0 Å². The Morgan fingerprint density at radius 3 is 2.94 bits per heavy atom. The van der Waals surface area contributed by atoms with Crippen molar-refractivity contribution in [1.29, 1.82) is 0 Å². The second-order valence-electron chi connectivity index (χ2n) is 3.93. The Kier molecular flexibility index (Phi) is 3.19. The van der Waals surface area contributed by atoms with Gasteiger partial charge in [-0.2, -0.15) is 4.98 Å². The van der Waals surface area contributed by atoms with Crippen LogP contribution in [0.5, 0.6) is 0 Å². The van der Waals surface area contributed by atoms with E-state index >= 15 is 0 Å². The first-order chi connectivity index (χ1) is 7.76. The molecule has 0 bridgehead atoms. The number of nitrogens with one attached hydrogen (secondary N) is 1. The standard InChI is InChI=1S/C10H16FN5/c1-2-5-16(7-3-4-7)9-8(11)6-13-10(14-9)15-12/h6-7H,2-5,12H2,1H3,(H,13,14,15). The molecule has 1 heterocycles. The summed E-state index contributed by atoms with van der Waals surface area (Å²) in [6.07, 6.45) is 4.33. The van der Waals surface area contributed by atoms with Gasteiger partial charge in [-0.05, 0) is 19.3 Å². The van der Waals surface area contributed by atoms with Crippen molar-refractivity contribution >= 4 is 11.8 Å². The van der Waals surface area contributed by atoms with Crippen LogP contribution < -0.4 is 16.2 Å². The molecular formula is C10H16FN5. The molecule has 0 amide bonds. The van der Waals surface area contributed by atoms with E-state index in [1.165, 1.54) is 0 Å². The van der Waals surface area contributed by atoms with Gasteiger partial charge in [0, 0.05) is 12.6 Å². The monoisotopic (exact) mass is 225 g/mol. The van der Waals surface area contributed by atoms with Crippen LogP contribution in [0.15, 0.2) is 6.20 Å². The number of rotatable bonds is 5. The van der Waals surface area contributed by atoms with E-state index in [1.54, 1.807) is 0 Å². The van der Waals surface area contributed by atoms with Crippen molar-refractivity contribution in [2.45, 2.75) is 32.2 Å². The van der Waals surface area contributed by atoms with Crippen LogP contribution >= 0.6 is 0 Å². The second kappa shape index (κ2) is 4.61. The fourth-order valence-corrected chi connectivity index (χ4v) is 1.72. The third-order valence-corrected chi connectivity index (χ3v) is 2.58. The Hall–Kier alpha value is -1.43. The zero-order valence-electron chi connectivity index (χ0n) is 9.28. The molecule has 0 saturated heterocycles. The molecule has 16 heavy (non-hydrogen) atoms. The third-order valence-electron chi connectivity index (χ3n) is 2.58. The molecule has 6 heteroatoms. The molecule has 2 rings (SSSR count). The minimum absolute atomic E-state index is 0.248. The van der Waals surface area contributed by atoms with Crippen molar-refractivity contribution in [1.82, 2.24) is 9.97 Å². The highest BCUT2D eigenvalue weighted by molar-refractivity contribution is 5.45. The Balaban J connectivity index is 2.27. The van der Waals surface area contributed by atoms with E-state index in [2.05, 4.69) is 22.3 Å². The van der Waals surface area contributed by atoms with Crippen molar-refractivity contribution in [2.24, 2.45) is 5.84 Å². The number of aromatic nitrogens is 2. The van der Waals surface area contributed by atoms with Gasteiger partial charge >= 0.3 is 0 Å². The summed E-state index contributed by atoms with van der Waals surface area (Å²) in [6, 6.07) is 0.426. The maximum absolute atomic E-state index is 13.6. The van der Waals surface area contributed by atoms with E-state index in [-0.39, 0.29) is 11.8 Å². The molecule has 1 aliphatic carbocycles. The lowest BCUT2D eigenvalue weighted by atomic mass is 10.3. The topological polar surface area (TPSA) is 67.1 Å². The predicted molar refractivity (Wildman–Crippen MR) is 60.5 cm³/mol. The average molecular weight is 225 g/mol. The number of nitrogen functional groups attached to an aromatic ring is 1. The highest BCUT2D eigenvalue weighted by Gasteiger charge is 2.31. The van der Waals surface area contributed by atoms with Gasteiger partial charge in [-0.3, -0.25) is 5.43 Å². The molecule has 1 aromatic heterocycles. The number of nitrogens with zero attached hydrogens (tertiary/aromatic N) is 3. The molecule has 5 nitrogen and oxygen atoms in total. The van der Waals surface area contributed by atoms with Crippen molar-refractivity contribution in [3.05, 3.63) is 12.0 Å². The van der Waals surface area contributed by atoms with Crippen molar-refractivity contribution < 1.29 is 4.39 Å². The summed E-state index contributed by atoms with van der Waals surface area (Å²) in [4.78, 5) is 9.80. The number of halogens is 1. The van der Waals surface area contributed by atoms with E-state index in [9.17, 15) is 4.39 Å². The molecule has 1 aromatic rings. The van der Waals surface area contributed by atoms with Crippen LogP contribution in [0.4, 0.5) is 16.2 Å². The molecule has 1 fully saturated rings. The van der Waals surface area contributed by atoms with Crippen LogP contribution in [-0.2, 0) is 0 Å². The van der Waals surface area contributed by atoms with Crippen LogP contribution in [0.3, 0.4) is 0 Å². The second-order valence-corrected chi connectivity index (χ2v) is 3.93.